The number of carbonyl (C=O) groups is 1. The fourth-order valence-electron chi connectivity index (χ4n) is 2.38. The Hall–Kier alpha value is -1.06. The van der Waals surface area contributed by atoms with Crippen LogP contribution < -0.4 is 5.32 Å². The van der Waals surface area contributed by atoms with Gasteiger partial charge in [0.2, 0.25) is 5.91 Å². The lowest BCUT2D eigenvalue weighted by molar-refractivity contribution is -0.115. The van der Waals surface area contributed by atoms with E-state index in [0.29, 0.717) is 12.3 Å². The zero-order valence-corrected chi connectivity index (χ0v) is 12.0. The molecular weight excluding hydrogens is 260 g/mol. The van der Waals surface area contributed by atoms with Crippen LogP contribution in [0.4, 0.5) is 5.69 Å². The smallest absolute Gasteiger partial charge is 0.225 e. The van der Waals surface area contributed by atoms with Gasteiger partial charge in [-0.3, -0.25) is 9.69 Å². The van der Waals surface area contributed by atoms with Gasteiger partial charge in [-0.2, -0.15) is 0 Å². The Labute approximate surface area is 119 Å². The average Bonchev–Trinajstić information content (AvgIpc) is 2.42. The lowest BCUT2D eigenvalue weighted by Crippen LogP contribution is -2.29. The monoisotopic (exact) mass is 280 g/mol. The number of carbonyl (C=O) groups excluding carboxylic acids is 1. The summed E-state index contributed by atoms with van der Waals surface area (Å²) in [5.74, 6) is 0.331. The van der Waals surface area contributed by atoms with Crippen LogP contribution in [0.25, 0.3) is 0 Å². The van der Waals surface area contributed by atoms with Crippen molar-refractivity contribution < 1.29 is 4.79 Å². The van der Waals surface area contributed by atoms with Crippen molar-refractivity contribution >= 4 is 23.2 Å². The summed E-state index contributed by atoms with van der Waals surface area (Å²) in [6.45, 7) is 3.42. The molecule has 0 spiro atoms. The molecule has 1 aromatic rings. The molecule has 1 N–H and O–H groups in total. The first-order valence-corrected chi connectivity index (χ1v) is 7.48. The number of likely N-dealkylation sites (tertiary alicyclic amines) is 1. The van der Waals surface area contributed by atoms with E-state index < -0.39 is 0 Å². The van der Waals surface area contributed by atoms with Crippen LogP contribution in [-0.2, 0) is 11.3 Å². The van der Waals surface area contributed by atoms with Crippen LogP contribution in [0.1, 0.15) is 31.2 Å². The van der Waals surface area contributed by atoms with Crippen molar-refractivity contribution in [3.63, 3.8) is 0 Å². The molecule has 0 radical (unpaired) electrons. The van der Waals surface area contributed by atoms with Gasteiger partial charge in [-0.15, -0.1) is 11.6 Å². The molecule has 1 heterocycles. The molecule has 1 aliphatic heterocycles. The Bertz CT molecular complexity index is 399. The normalized spacial score (nSPS) is 16.3. The number of nitrogens with one attached hydrogen (secondary N) is 1. The third kappa shape index (κ3) is 4.84. The molecule has 1 aromatic carbocycles. The molecule has 104 valence electrons. The van der Waals surface area contributed by atoms with Crippen LogP contribution >= 0.6 is 11.6 Å². The standard InChI is InChI=1S/C15H21ClN2O/c16-9-8-15(19)17-14-6-4-13(5-7-14)12-18-10-2-1-3-11-18/h4-7H,1-3,8-12H2,(H,17,19). The van der Waals surface area contributed by atoms with E-state index in [9.17, 15) is 4.79 Å². The van der Waals surface area contributed by atoms with Crippen LogP contribution in [-0.4, -0.2) is 29.8 Å². The zero-order valence-electron chi connectivity index (χ0n) is 11.2. The Balaban J connectivity index is 1.85. The van der Waals surface area contributed by atoms with Crippen molar-refractivity contribution in [1.82, 2.24) is 4.90 Å². The summed E-state index contributed by atoms with van der Waals surface area (Å²) in [7, 11) is 0. The summed E-state index contributed by atoms with van der Waals surface area (Å²) in [5, 5.41) is 2.84. The van der Waals surface area contributed by atoms with Gasteiger partial charge in [0.05, 0.1) is 0 Å². The molecule has 0 aromatic heterocycles. The number of hydrogen-bond acceptors (Lipinski definition) is 2. The second kappa shape index (κ2) is 7.51. The number of hydrogen-bond donors (Lipinski definition) is 1. The maximum absolute atomic E-state index is 11.4. The Morgan fingerprint density at radius 1 is 1.16 bits per heavy atom. The van der Waals surface area contributed by atoms with E-state index in [0.717, 1.165) is 12.2 Å². The molecule has 1 aliphatic rings. The second-order valence-corrected chi connectivity index (χ2v) is 5.40. The van der Waals surface area contributed by atoms with Crippen LogP contribution in [0, 0.1) is 0 Å². The maximum Gasteiger partial charge on any atom is 0.225 e. The molecule has 3 nitrogen and oxygen atoms in total. The SMILES string of the molecule is O=C(CCCl)Nc1ccc(CN2CCCCC2)cc1. The zero-order chi connectivity index (χ0) is 13.5. The molecule has 0 saturated carbocycles. The van der Waals surface area contributed by atoms with Gasteiger partial charge in [0.1, 0.15) is 0 Å². The van der Waals surface area contributed by atoms with Gasteiger partial charge in [0, 0.05) is 24.5 Å². The largest absolute Gasteiger partial charge is 0.326 e. The predicted octanol–water partition coefficient (Wildman–Crippen LogP) is 3.24. The predicted molar refractivity (Wildman–Crippen MR) is 79.5 cm³/mol. The van der Waals surface area contributed by atoms with Crippen molar-refractivity contribution in [3.8, 4) is 0 Å². The van der Waals surface area contributed by atoms with Gasteiger partial charge in [0.25, 0.3) is 0 Å². The van der Waals surface area contributed by atoms with Crippen molar-refractivity contribution in [2.45, 2.75) is 32.2 Å². The fourth-order valence-corrected chi connectivity index (χ4v) is 2.55. The van der Waals surface area contributed by atoms with Crippen LogP contribution in [0.5, 0.6) is 0 Å². The number of rotatable bonds is 5. The van der Waals surface area contributed by atoms with Crippen LogP contribution in [0.15, 0.2) is 24.3 Å². The summed E-state index contributed by atoms with van der Waals surface area (Å²) < 4.78 is 0. The highest BCUT2D eigenvalue weighted by atomic mass is 35.5. The molecule has 0 bridgehead atoms. The van der Waals surface area contributed by atoms with Crippen molar-refractivity contribution in [2.75, 3.05) is 24.3 Å². The van der Waals surface area contributed by atoms with Crippen LogP contribution in [0.2, 0.25) is 0 Å². The highest BCUT2D eigenvalue weighted by molar-refractivity contribution is 6.19. The van der Waals surface area contributed by atoms with Crippen molar-refractivity contribution in [2.24, 2.45) is 0 Å². The lowest BCUT2D eigenvalue weighted by atomic mass is 10.1. The first-order valence-electron chi connectivity index (χ1n) is 6.95. The lowest BCUT2D eigenvalue weighted by Gasteiger charge is -2.26. The summed E-state index contributed by atoms with van der Waals surface area (Å²) >= 11 is 5.53. The number of piperidine rings is 1. The molecule has 19 heavy (non-hydrogen) atoms. The van der Waals surface area contributed by atoms with Crippen molar-refractivity contribution in [3.05, 3.63) is 29.8 Å². The van der Waals surface area contributed by atoms with Gasteiger partial charge < -0.3 is 5.32 Å². The van der Waals surface area contributed by atoms with E-state index in [-0.39, 0.29) is 5.91 Å². The highest BCUT2D eigenvalue weighted by Crippen LogP contribution is 2.15. The van der Waals surface area contributed by atoms with Gasteiger partial charge >= 0.3 is 0 Å². The summed E-state index contributed by atoms with van der Waals surface area (Å²) in [5.41, 5.74) is 2.15. The van der Waals surface area contributed by atoms with Gasteiger partial charge in [-0.1, -0.05) is 18.6 Å². The van der Waals surface area contributed by atoms with Crippen molar-refractivity contribution in [1.29, 1.82) is 0 Å². The van der Waals surface area contributed by atoms with E-state index in [1.807, 2.05) is 12.1 Å². The molecule has 1 amide bonds. The summed E-state index contributed by atoms with van der Waals surface area (Å²) in [6, 6.07) is 8.10. The third-order valence-corrected chi connectivity index (χ3v) is 3.60. The maximum atomic E-state index is 11.4. The quantitative estimate of drug-likeness (QED) is 0.840. The van der Waals surface area contributed by atoms with E-state index in [2.05, 4.69) is 22.3 Å². The number of halogens is 1. The van der Waals surface area contributed by atoms with E-state index in [1.165, 1.54) is 37.9 Å². The Morgan fingerprint density at radius 2 is 1.84 bits per heavy atom. The van der Waals surface area contributed by atoms with Gasteiger partial charge in [-0.25, -0.2) is 0 Å². The van der Waals surface area contributed by atoms with Gasteiger partial charge in [0.15, 0.2) is 0 Å². The molecular formula is C15H21ClN2O. The molecule has 4 heteroatoms. The minimum atomic E-state index is -0.0289. The van der Waals surface area contributed by atoms with E-state index in [1.54, 1.807) is 0 Å². The minimum Gasteiger partial charge on any atom is -0.326 e. The van der Waals surface area contributed by atoms with E-state index >= 15 is 0 Å². The van der Waals surface area contributed by atoms with E-state index in [4.69, 9.17) is 11.6 Å². The number of nitrogens with zero attached hydrogens (tertiary/aromatic N) is 1. The van der Waals surface area contributed by atoms with Crippen LogP contribution in [0.3, 0.4) is 0 Å². The molecule has 0 atom stereocenters. The molecule has 0 unspecified atom stereocenters. The third-order valence-electron chi connectivity index (χ3n) is 3.41. The number of benzene rings is 1. The summed E-state index contributed by atoms with van der Waals surface area (Å²) in [6.07, 6.45) is 4.35. The molecule has 0 aliphatic carbocycles. The molecule has 2 rings (SSSR count). The number of anilines is 1. The fraction of sp³-hybridized carbons (Fsp3) is 0.533. The topological polar surface area (TPSA) is 32.3 Å². The number of alkyl halides is 1. The first kappa shape index (κ1) is 14.4. The minimum absolute atomic E-state index is 0.0289. The molecule has 1 fully saturated rings. The number of amides is 1. The first-order chi connectivity index (χ1) is 9.28. The average molecular weight is 281 g/mol. The molecule has 1 saturated heterocycles. The second-order valence-electron chi connectivity index (χ2n) is 5.02. The highest BCUT2D eigenvalue weighted by Gasteiger charge is 2.10. The Kier molecular flexibility index (Phi) is 5.67. The van der Waals surface area contributed by atoms with Gasteiger partial charge in [-0.05, 0) is 43.6 Å². The summed E-state index contributed by atoms with van der Waals surface area (Å²) in [4.78, 5) is 13.9. The Morgan fingerprint density at radius 3 is 2.47 bits per heavy atom.